The van der Waals surface area contributed by atoms with E-state index >= 15 is 0 Å². The number of carbonyl (C=O) groups excluding carboxylic acids is 1. The molecule has 1 unspecified atom stereocenters. The monoisotopic (exact) mass is 530 g/mol. The lowest BCUT2D eigenvalue weighted by molar-refractivity contribution is -0.274. The molecule has 4 aromatic rings. The van der Waals surface area contributed by atoms with Crippen LogP contribution in [0.1, 0.15) is 35.1 Å². The predicted octanol–water partition coefficient (Wildman–Crippen LogP) is 4.21. The molecule has 1 fully saturated rings. The molecule has 1 amide bonds. The van der Waals surface area contributed by atoms with Crippen LogP contribution in [0.3, 0.4) is 0 Å². The summed E-state index contributed by atoms with van der Waals surface area (Å²) in [5.74, 6) is -0.118. The highest BCUT2D eigenvalue weighted by Gasteiger charge is 2.37. The van der Waals surface area contributed by atoms with Crippen LogP contribution in [0.5, 0.6) is 17.2 Å². The number of methoxy groups -OCH3 is 2. The van der Waals surface area contributed by atoms with Crippen LogP contribution in [0.15, 0.2) is 53.3 Å². The second kappa shape index (κ2) is 10.0. The third-order valence-electron chi connectivity index (χ3n) is 5.96. The number of para-hydroxylation sites is 1. The fourth-order valence-corrected chi connectivity index (χ4v) is 4.31. The van der Waals surface area contributed by atoms with E-state index in [1.807, 2.05) is 0 Å². The van der Waals surface area contributed by atoms with Crippen LogP contribution >= 0.6 is 0 Å². The van der Waals surface area contributed by atoms with Gasteiger partial charge < -0.3 is 23.6 Å². The number of halogens is 3. The van der Waals surface area contributed by atoms with Gasteiger partial charge in [0.15, 0.2) is 11.5 Å². The standard InChI is InChI=1S/C24H21F3N6O5/c1-35-19-12-15(17(13-20(19)36-2)33-28-9-10-29-33)23(34)32-11-5-7-16(32)22-30-21(31-38-22)14-6-3-4-8-18(14)37-24(25,26)27/h3-4,6,8-10,12-13,16H,5,7,11H2,1-2H3. The van der Waals surface area contributed by atoms with E-state index in [0.717, 1.165) is 6.07 Å². The number of benzene rings is 2. The average molecular weight is 530 g/mol. The van der Waals surface area contributed by atoms with Crippen LogP contribution in [0, 0.1) is 0 Å². The zero-order valence-corrected chi connectivity index (χ0v) is 20.2. The molecule has 198 valence electrons. The summed E-state index contributed by atoms with van der Waals surface area (Å²) in [6.45, 7) is 0.384. The number of hydrogen-bond acceptors (Lipinski definition) is 9. The number of nitrogens with zero attached hydrogens (tertiary/aromatic N) is 6. The van der Waals surface area contributed by atoms with Crippen molar-refractivity contribution in [2.75, 3.05) is 20.8 Å². The van der Waals surface area contributed by atoms with Gasteiger partial charge in [0.1, 0.15) is 17.5 Å². The van der Waals surface area contributed by atoms with Gasteiger partial charge >= 0.3 is 6.36 Å². The van der Waals surface area contributed by atoms with Gasteiger partial charge in [0.2, 0.25) is 11.7 Å². The molecular weight excluding hydrogens is 509 g/mol. The van der Waals surface area contributed by atoms with Crippen molar-refractivity contribution in [3.05, 3.63) is 60.2 Å². The van der Waals surface area contributed by atoms with Crippen molar-refractivity contribution >= 4 is 5.91 Å². The Bertz CT molecular complexity index is 1440. The Morgan fingerprint density at radius 2 is 1.76 bits per heavy atom. The van der Waals surface area contributed by atoms with Crippen LogP contribution in [0.4, 0.5) is 13.2 Å². The molecule has 0 spiro atoms. The summed E-state index contributed by atoms with van der Waals surface area (Å²) in [4.78, 5) is 21.0. The highest BCUT2D eigenvalue weighted by atomic mass is 19.4. The first kappa shape index (κ1) is 25.0. The number of likely N-dealkylation sites (tertiary alicyclic amines) is 1. The van der Waals surface area contributed by atoms with Gasteiger partial charge in [-0.2, -0.15) is 20.0 Å². The number of amides is 1. The van der Waals surface area contributed by atoms with Crippen molar-refractivity contribution in [3.8, 4) is 34.3 Å². The van der Waals surface area contributed by atoms with E-state index in [-0.39, 0.29) is 28.7 Å². The minimum Gasteiger partial charge on any atom is -0.493 e. The highest BCUT2D eigenvalue weighted by Crippen LogP contribution is 2.38. The molecule has 0 aliphatic carbocycles. The Balaban J connectivity index is 1.48. The molecule has 11 nitrogen and oxygen atoms in total. The van der Waals surface area contributed by atoms with Crippen molar-refractivity contribution in [1.82, 2.24) is 30.0 Å². The van der Waals surface area contributed by atoms with E-state index in [1.54, 1.807) is 17.0 Å². The molecule has 14 heteroatoms. The molecule has 1 aliphatic heterocycles. The maximum absolute atomic E-state index is 13.8. The maximum atomic E-state index is 13.8. The first-order chi connectivity index (χ1) is 18.3. The number of carbonyl (C=O) groups is 1. The average Bonchev–Trinajstić information content (AvgIpc) is 3.68. The fourth-order valence-electron chi connectivity index (χ4n) is 4.31. The van der Waals surface area contributed by atoms with Crippen molar-refractivity contribution in [1.29, 1.82) is 0 Å². The van der Waals surface area contributed by atoms with E-state index < -0.39 is 18.2 Å². The lowest BCUT2D eigenvalue weighted by atomic mass is 10.1. The van der Waals surface area contributed by atoms with Gasteiger partial charge in [-0.15, -0.1) is 13.2 Å². The summed E-state index contributed by atoms with van der Waals surface area (Å²) in [6, 6.07) is 8.01. The minimum atomic E-state index is -4.89. The van der Waals surface area contributed by atoms with Crippen LogP contribution in [0.25, 0.3) is 17.1 Å². The quantitative estimate of drug-likeness (QED) is 0.346. The van der Waals surface area contributed by atoms with Gasteiger partial charge in [0, 0.05) is 12.6 Å². The molecule has 0 radical (unpaired) electrons. The molecule has 1 atom stereocenters. The van der Waals surface area contributed by atoms with Gasteiger partial charge in [0.05, 0.1) is 37.7 Å². The Hall–Kier alpha value is -4.62. The van der Waals surface area contributed by atoms with E-state index in [9.17, 15) is 18.0 Å². The first-order valence-electron chi connectivity index (χ1n) is 11.4. The Morgan fingerprint density at radius 3 is 2.47 bits per heavy atom. The number of hydrogen-bond donors (Lipinski definition) is 0. The summed E-state index contributed by atoms with van der Waals surface area (Å²) in [7, 11) is 2.93. The van der Waals surface area contributed by atoms with Crippen molar-refractivity contribution < 1.29 is 36.7 Å². The van der Waals surface area contributed by atoms with E-state index in [2.05, 4.69) is 25.1 Å². The zero-order chi connectivity index (χ0) is 26.9. The molecule has 2 aromatic heterocycles. The van der Waals surface area contributed by atoms with Gasteiger partial charge in [-0.05, 0) is 31.0 Å². The first-order valence-corrected chi connectivity index (χ1v) is 11.4. The van der Waals surface area contributed by atoms with Gasteiger partial charge in [-0.3, -0.25) is 4.79 Å². The largest absolute Gasteiger partial charge is 0.573 e. The highest BCUT2D eigenvalue weighted by molar-refractivity contribution is 5.99. The molecule has 2 aromatic carbocycles. The number of alkyl halides is 3. The number of ether oxygens (including phenoxy) is 3. The Kier molecular flexibility index (Phi) is 6.61. The second-order valence-corrected chi connectivity index (χ2v) is 8.20. The zero-order valence-electron chi connectivity index (χ0n) is 20.2. The summed E-state index contributed by atoms with van der Waals surface area (Å²) < 4.78 is 58.9. The van der Waals surface area contributed by atoms with Crippen molar-refractivity contribution in [2.24, 2.45) is 0 Å². The number of aromatic nitrogens is 5. The van der Waals surface area contributed by atoms with Crippen LogP contribution in [0.2, 0.25) is 0 Å². The third-order valence-corrected chi connectivity index (χ3v) is 5.96. The summed E-state index contributed by atoms with van der Waals surface area (Å²) in [5, 5.41) is 12.1. The predicted molar refractivity (Wildman–Crippen MR) is 124 cm³/mol. The van der Waals surface area contributed by atoms with E-state index in [1.165, 1.54) is 49.6 Å². The van der Waals surface area contributed by atoms with Gasteiger partial charge in [0.25, 0.3) is 5.91 Å². The number of rotatable bonds is 7. The summed E-state index contributed by atoms with van der Waals surface area (Å²) >= 11 is 0. The molecule has 0 bridgehead atoms. The summed E-state index contributed by atoms with van der Waals surface area (Å²) in [5.41, 5.74) is 0.616. The lowest BCUT2D eigenvalue weighted by Crippen LogP contribution is -2.31. The third kappa shape index (κ3) is 4.84. The maximum Gasteiger partial charge on any atom is 0.573 e. The molecule has 1 saturated heterocycles. The topological polar surface area (TPSA) is 118 Å². The molecular formula is C24H21F3N6O5. The molecule has 3 heterocycles. The SMILES string of the molecule is COc1cc(C(=O)N2CCCC2c2nc(-c3ccccc3OC(F)(F)F)no2)c(-n2nccn2)cc1OC. The smallest absolute Gasteiger partial charge is 0.493 e. The normalized spacial score (nSPS) is 15.5. The summed E-state index contributed by atoms with van der Waals surface area (Å²) in [6.07, 6.45) is -0.785. The minimum absolute atomic E-state index is 0.00244. The second-order valence-electron chi connectivity index (χ2n) is 8.20. The van der Waals surface area contributed by atoms with Crippen molar-refractivity contribution in [2.45, 2.75) is 25.2 Å². The molecule has 5 rings (SSSR count). The van der Waals surface area contributed by atoms with Gasteiger partial charge in [-0.25, -0.2) is 0 Å². The van der Waals surface area contributed by atoms with Crippen LogP contribution in [-0.2, 0) is 0 Å². The van der Waals surface area contributed by atoms with E-state index in [4.69, 9.17) is 14.0 Å². The lowest BCUT2D eigenvalue weighted by Gasteiger charge is -2.23. The van der Waals surface area contributed by atoms with Crippen LogP contribution in [-0.4, -0.2) is 63.1 Å². The van der Waals surface area contributed by atoms with Crippen LogP contribution < -0.4 is 14.2 Å². The molecule has 0 N–H and O–H groups in total. The fraction of sp³-hybridized carbons (Fsp3) is 0.292. The Labute approximate surface area is 213 Å². The van der Waals surface area contributed by atoms with E-state index in [0.29, 0.717) is 36.6 Å². The van der Waals surface area contributed by atoms with Gasteiger partial charge in [-0.1, -0.05) is 17.3 Å². The molecule has 1 aliphatic rings. The molecule has 38 heavy (non-hydrogen) atoms. The molecule has 0 saturated carbocycles. The Morgan fingerprint density at radius 1 is 1.05 bits per heavy atom. The van der Waals surface area contributed by atoms with Crippen molar-refractivity contribution in [3.63, 3.8) is 0 Å².